The number of aryl methyl sites for hydroxylation is 1. The first kappa shape index (κ1) is 17.6. The van der Waals surface area contributed by atoms with Gasteiger partial charge >= 0.3 is 5.97 Å². The number of rotatable bonds is 8. The first-order valence-corrected chi connectivity index (χ1v) is 9.41. The predicted molar refractivity (Wildman–Crippen MR) is 74.0 cm³/mol. The number of carboxylic acids is 1. The lowest BCUT2D eigenvalue weighted by atomic mass is 10.4. The van der Waals surface area contributed by atoms with Crippen LogP contribution in [-0.2, 0) is 31.2 Å². The first-order chi connectivity index (χ1) is 9.52. The monoisotopic (exact) mass is 339 g/mol. The number of carbonyl (C=O) groups is 1. The van der Waals surface area contributed by atoms with E-state index in [-0.39, 0.29) is 30.2 Å². The molecule has 0 fully saturated rings. The van der Waals surface area contributed by atoms with Crippen LogP contribution in [0.4, 0.5) is 0 Å². The molecule has 9 nitrogen and oxygen atoms in total. The minimum Gasteiger partial charge on any atom is -0.481 e. The molecule has 0 aromatic carbocycles. The van der Waals surface area contributed by atoms with Gasteiger partial charge in [0.05, 0.1) is 24.9 Å². The van der Waals surface area contributed by atoms with Gasteiger partial charge in [-0.15, -0.1) is 0 Å². The van der Waals surface area contributed by atoms with E-state index >= 15 is 0 Å². The van der Waals surface area contributed by atoms with Crippen molar-refractivity contribution in [3.8, 4) is 0 Å². The maximum absolute atomic E-state index is 12.2. The third-order valence-electron chi connectivity index (χ3n) is 2.65. The Morgan fingerprint density at radius 2 is 2.00 bits per heavy atom. The van der Waals surface area contributed by atoms with E-state index in [0.717, 1.165) is 16.8 Å². The highest BCUT2D eigenvalue weighted by Gasteiger charge is 2.23. The summed E-state index contributed by atoms with van der Waals surface area (Å²) in [6.07, 6.45) is 3.17. The molecule has 11 heteroatoms. The predicted octanol–water partition coefficient (Wildman–Crippen LogP) is -0.977. The van der Waals surface area contributed by atoms with E-state index in [9.17, 15) is 21.6 Å². The normalized spacial score (nSPS) is 12.7. The maximum Gasteiger partial charge on any atom is 0.305 e. The summed E-state index contributed by atoms with van der Waals surface area (Å²) in [6.45, 7) is -0.112. The van der Waals surface area contributed by atoms with E-state index in [2.05, 4.69) is 5.10 Å². The number of aromatic nitrogens is 2. The highest BCUT2D eigenvalue weighted by atomic mass is 32.2. The summed E-state index contributed by atoms with van der Waals surface area (Å²) in [5.41, 5.74) is 0. The Hall–Kier alpha value is -1.46. The topological polar surface area (TPSA) is 127 Å². The van der Waals surface area contributed by atoms with E-state index in [1.54, 1.807) is 0 Å². The second-order valence-electron chi connectivity index (χ2n) is 4.54. The van der Waals surface area contributed by atoms with Gasteiger partial charge in [-0.1, -0.05) is 0 Å². The molecule has 0 saturated heterocycles. The average Bonchev–Trinajstić information content (AvgIpc) is 2.81. The summed E-state index contributed by atoms with van der Waals surface area (Å²) in [5, 5.41) is 12.3. The lowest BCUT2D eigenvalue weighted by molar-refractivity contribution is -0.137. The Balaban J connectivity index is 2.80. The first-order valence-electron chi connectivity index (χ1n) is 5.90. The zero-order valence-corrected chi connectivity index (χ0v) is 13.3. The van der Waals surface area contributed by atoms with Gasteiger partial charge in [-0.2, -0.15) is 9.40 Å². The van der Waals surface area contributed by atoms with E-state index in [0.29, 0.717) is 0 Å². The SMILES string of the molecule is CN(CCS(C)(=O)=O)S(=O)(=O)c1cnn(CCC(=O)O)c1. The summed E-state index contributed by atoms with van der Waals surface area (Å²) in [5.74, 6) is -1.30. The lowest BCUT2D eigenvalue weighted by Gasteiger charge is -2.15. The molecule has 21 heavy (non-hydrogen) atoms. The Morgan fingerprint density at radius 3 is 2.52 bits per heavy atom. The maximum atomic E-state index is 12.2. The Labute approximate surface area is 123 Å². The van der Waals surface area contributed by atoms with Gasteiger partial charge in [0, 0.05) is 26.0 Å². The molecule has 0 aliphatic carbocycles. The standard InChI is InChI=1S/C10H17N3O6S2/c1-12(5-6-20(2,16)17)21(18,19)9-7-11-13(8-9)4-3-10(14)15/h7-8H,3-6H2,1-2H3,(H,14,15). The molecule has 1 heterocycles. The second-order valence-corrected chi connectivity index (χ2v) is 8.84. The zero-order chi connectivity index (χ0) is 16.3. The van der Waals surface area contributed by atoms with Crippen molar-refractivity contribution in [1.82, 2.24) is 14.1 Å². The van der Waals surface area contributed by atoms with Gasteiger partial charge in [0.2, 0.25) is 10.0 Å². The highest BCUT2D eigenvalue weighted by Crippen LogP contribution is 2.13. The summed E-state index contributed by atoms with van der Waals surface area (Å²) in [6, 6.07) is 0. The van der Waals surface area contributed by atoms with E-state index in [4.69, 9.17) is 5.11 Å². The van der Waals surface area contributed by atoms with Crippen LogP contribution in [0.15, 0.2) is 17.3 Å². The van der Waals surface area contributed by atoms with Crippen LogP contribution >= 0.6 is 0 Å². The molecule has 0 unspecified atom stereocenters. The van der Waals surface area contributed by atoms with Crippen LogP contribution in [0.5, 0.6) is 0 Å². The average molecular weight is 339 g/mol. The van der Waals surface area contributed by atoms with Crippen molar-refractivity contribution < 1.29 is 26.7 Å². The molecule has 0 spiro atoms. The van der Waals surface area contributed by atoms with Crippen molar-refractivity contribution in [3.63, 3.8) is 0 Å². The summed E-state index contributed by atoms with van der Waals surface area (Å²) in [4.78, 5) is 10.3. The van der Waals surface area contributed by atoms with Crippen LogP contribution in [0, 0.1) is 0 Å². The van der Waals surface area contributed by atoms with Crippen molar-refractivity contribution in [2.24, 2.45) is 0 Å². The van der Waals surface area contributed by atoms with Gasteiger partial charge in [0.1, 0.15) is 14.7 Å². The third kappa shape index (κ3) is 5.44. The highest BCUT2D eigenvalue weighted by molar-refractivity contribution is 7.91. The van der Waals surface area contributed by atoms with Gasteiger partial charge < -0.3 is 5.11 Å². The molecule has 0 atom stereocenters. The van der Waals surface area contributed by atoms with Crippen molar-refractivity contribution in [2.45, 2.75) is 17.9 Å². The van der Waals surface area contributed by atoms with Crippen LogP contribution in [0.1, 0.15) is 6.42 Å². The molecular formula is C10H17N3O6S2. The molecule has 0 saturated carbocycles. The van der Waals surface area contributed by atoms with Gasteiger partial charge in [0.25, 0.3) is 0 Å². The number of aliphatic carboxylic acids is 1. The molecule has 0 aliphatic heterocycles. The molecule has 1 aromatic rings. The Morgan fingerprint density at radius 1 is 1.38 bits per heavy atom. The largest absolute Gasteiger partial charge is 0.481 e. The Kier molecular flexibility index (Phi) is 5.48. The molecule has 0 radical (unpaired) electrons. The van der Waals surface area contributed by atoms with Crippen LogP contribution in [-0.4, -0.2) is 67.6 Å². The van der Waals surface area contributed by atoms with Crippen molar-refractivity contribution in [2.75, 3.05) is 25.6 Å². The van der Waals surface area contributed by atoms with Gasteiger partial charge in [-0.25, -0.2) is 16.8 Å². The van der Waals surface area contributed by atoms with E-state index in [1.807, 2.05) is 0 Å². The van der Waals surface area contributed by atoms with Crippen LogP contribution in [0.3, 0.4) is 0 Å². The zero-order valence-electron chi connectivity index (χ0n) is 11.6. The smallest absolute Gasteiger partial charge is 0.305 e. The number of nitrogens with zero attached hydrogens (tertiary/aromatic N) is 3. The van der Waals surface area contributed by atoms with E-state index < -0.39 is 25.8 Å². The van der Waals surface area contributed by atoms with Gasteiger partial charge in [-0.3, -0.25) is 9.48 Å². The molecule has 0 aliphatic rings. The number of hydrogen-bond donors (Lipinski definition) is 1. The number of sulfone groups is 1. The summed E-state index contributed by atoms with van der Waals surface area (Å²) < 4.78 is 48.6. The van der Waals surface area contributed by atoms with Crippen molar-refractivity contribution in [3.05, 3.63) is 12.4 Å². The van der Waals surface area contributed by atoms with E-state index in [1.165, 1.54) is 17.9 Å². The fourth-order valence-corrected chi connectivity index (χ4v) is 3.25. The second kappa shape index (κ2) is 6.54. The van der Waals surface area contributed by atoms with Gasteiger partial charge in [-0.05, 0) is 0 Å². The fraction of sp³-hybridized carbons (Fsp3) is 0.600. The Bertz CT molecular complexity index is 707. The summed E-state index contributed by atoms with van der Waals surface area (Å²) in [7, 11) is -5.83. The number of carboxylic acid groups (broad SMARTS) is 1. The quantitative estimate of drug-likeness (QED) is 0.645. The molecule has 1 N–H and O–H groups in total. The van der Waals surface area contributed by atoms with Crippen LogP contribution < -0.4 is 0 Å². The number of hydrogen-bond acceptors (Lipinski definition) is 6. The van der Waals surface area contributed by atoms with Gasteiger partial charge in [0.15, 0.2) is 0 Å². The van der Waals surface area contributed by atoms with Crippen LogP contribution in [0.25, 0.3) is 0 Å². The number of sulfonamides is 1. The molecular weight excluding hydrogens is 322 g/mol. The van der Waals surface area contributed by atoms with Crippen molar-refractivity contribution >= 4 is 25.8 Å². The lowest BCUT2D eigenvalue weighted by Crippen LogP contribution is -2.31. The minimum atomic E-state index is -3.84. The van der Waals surface area contributed by atoms with Crippen molar-refractivity contribution in [1.29, 1.82) is 0 Å². The fourth-order valence-electron chi connectivity index (χ4n) is 1.40. The molecule has 120 valence electrons. The summed E-state index contributed by atoms with van der Waals surface area (Å²) >= 11 is 0. The third-order valence-corrected chi connectivity index (χ3v) is 5.38. The molecule has 0 amide bonds. The molecule has 0 bridgehead atoms. The minimum absolute atomic E-state index is 0.0535. The van der Waals surface area contributed by atoms with Crippen LogP contribution in [0.2, 0.25) is 0 Å². The molecule has 1 rings (SSSR count). The molecule has 1 aromatic heterocycles.